The van der Waals surface area contributed by atoms with Gasteiger partial charge in [-0.25, -0.2) is 4.68 Å². The minimum Gasteiger partial charge on any atom is -0.380 e. The third kappa shape index (κ3) is 2.62. The van der Waals surface area contributed by atoms with Crippen molar-refractivity contribution in [3.63, 3.8) is 0 Å². The Morgan fingerprint density at radius 3 is 2.76 bits per heavy atom. The highest BCUT2D eigenvalue weighted by Crippen LogP contribution is 2.21. The number of rotatable bonds is 4. The van der Waals surface area contributed by atoms with Crippen LogP contribution in [0.25, 0.3) is 5.69 Å². The predicted molar refractivity (Wildman–Crippen MR) is 77.2 cm³/mol. The maximum atomic E-state index is 5.18. The summed E-state index contributed by atoms with van der Waals surface area (Å²) in [6, 6.07) is 6.03. The highest BCUT2D eigenvalue weighted by Gasteiger charge is 2.09. The third-order valence-corrected chi connectivity index (χ3v) is 3.47. The number of nitrogens with zero attached hydrogens (tertiary/aromatic N) is 5. The molecule has 7 nitrogen and oxygen atoms in total. The monoisotopic (exact) mass is 284 g/mol. The van der Waals surface area contributed by atoms with E-state index in [1.54, 1.807) is 11.0 Å². The van der Waals surface area contributed by atoms with Crippen LogP contribution in [0.2, 0.25) is 0 Å². The van der Waals surface area contributed by atoms with E-state index in [0.29, 0.717) is 6.54 Å². The van der Waals surface area contributed by atoms with Crippen molar-refractivity contribution < 1.29 is 4.52 Å². The first-order valence-electron chi connectivity index (χ1n) is 6.65. The number of anilines is 1. The lowest BCUT2D eigenvalue weighted by atomic mass is 10.1. The summed E-state index contributed by atoms with van der Waals surface area (Å²) in [5, 5.41) is 18.6. The number of benzene rings is 1. The molecule has 21 heavy (non-hydrogen) atoms. The van der Waals surface area contributed by atoms with Crippen molar-refractivity contribution >= 4 is 5.69 Å². The fraction of sp³-hybridized carbons (Fsp3) is 0.286. The van der Waals surface area contributed by atoms with E-state index in [-0.39, 0.29) is 0 Å². The van der Waals surface area contributed by atoms with E-state index in [0.717, 1.165) is 34.0 Å². The van der Waals surface area contributed by atoms with Crippen LogP contribution in [0, 0.1) is 20.8 Å². The summed E-state index contributed by atoms with van der Waals surface area (Å²) in [5.41, 5.74) is 5.09. The third-order valence-electron chi connectivity index (χ3n) is 3.47. The second-order valence-corrected chi connectivity index (χ2v) is 4.91. The highest BCUT2D eigenvalue weighted by atomic mass is 16.5. The summed E-state index contributed by atoms with van der Waals surface area (Å²) in [5.74, 6) is 0.842. The quantitative estimate of drug-likeness (QED) is 0.791. The Kier molecular flexibility index (Phi) is 3.39. The standard InChI is InChI=1S/C14H16N6O/c1-9-4-5-12(20-8-16-18-19-20)6-14(9)15-7-13-10(2)17-21-11(13)3/h4-6,8,15H,7H2,1-3H3. The van der Waals surface area contributed by atoms with E-state index >= 15 is 0 Å². The number of aryl methyl sites for hydroxylation is 3. The van der Waals surface area contributed by atoms with Gasteiger partial charge in [0.1, 0.15) is 12.1 Å². The van der Waals surface area contributed by atoms with Crippen LogP contribution in [0.5, 0.6) is 0 Å². The Balaban J connectivity index is 1.84. The molecule has 0 amide bonds. The normalized spacial score (nSPS) is 10.8. The van der Waals surface area contributed by atoms with Gasteiger partial charge in [0.15, 0.2) is 0 Å². The van der Waals surface area contributed by atoms with Crippen LogP contribution in [0.1, 0.15) is 22.6 Å². The highest BCUT2D eigenvalue weighted by molar-refractivity contribution is 5.56. The smallest absolute Gasteiger partial charge is 0.143 e. The second kappa shape index (κ2) is 5.35. The van der Waals surface area contributed by atoms with Crippen LogP contribution in [0.3, 0.4) is 0 Å². The molecule has 0 bridgehead atoms. The van der Waals surface area contributed by atoms with Crippen molar-refractivity contribution in [3.05, 3.63) is 47.1 Å². The van der Waals surface area contributed by atoms with Crippen molar-refractivity contribution in [1.29, 1.82) is 0 Å². The van der Waals surface area contributed by atoms with Crippen LogP contribution in [0.15, 0.2) is 29.0 Å². The Morgan fingerprint density at radius 1 is 1.24 bits per heavy atom. The van der Waals surface area contributed by atoms with Gasteiger partial charge >= 0.3 is 0 Å². The first kappa shape index (κ1) is 13.3. The van der Waals surface area contributed by atoms with Gasteiger partial charge in [0.05, 0.1) is 11.4 Å². The van der Waals surface area contributed by atoms with Gasteiger partial charge in [-0.1, -0.05) is 11.2 Å². The molecule has 2 aromatic heterocycles. The summed E-state index contributed by atoms with van der Waals surface area (Å²) in [7, 11) is 0. The van der Waals surface area contributed by atoms with Gasteiger partial charge in [-0.05, 0) is 48.9 Å². The SMILES string of the molecule is Cc1ccc(-n2cnnn2)cc1NCc1c(C)noc1C. The first-order chi connectivity index (χ1) is 10.1. The van der Waals surface area contributed by atoms with Gasteiger partial charge in [0.2, 0.25) is 0 Å². The predicted octanol–water partition coefficient (Wildman–Crippen LogP) is 2.19. The Bertz CT molecular complexity index is 727. The molecule has 3 rings (SSSR count). The van der Waals surface area contributed by atoms with Gasteiger partial charge in [-0.15, -0.1) is 5.10 Å². The van der Waals surface area contributed by atoms with E-state index in [1.807, 2.05) is 32.0 Å². The van der Waals surface area contributed by atoms with Gasteiger partial charge in [0.25, 0.3) is 0 Å². The number of hydrogen-bond donors (Lipinski definition) is 1. The molecule has 3 aromatic rings. The fourth-order valence-corrected chi connectivity index (χ4v) is 2.16. The molecular weight excluding hydrogens is 268 g/mol. The molecule has 108 valence electrons. The summed E-state index contributed by atoms with van der Waals surface area (Å²) in [6.07, 6.45) is 1.57. The van der Waals surface area contributed by atoms with E-state index in [2.05, 4.69) is 32.9 Å². The summed E-state index contributed by atoms with van der Waals surface area (Å²) >= 11 is 0. The van der Waals surface area contributed by atoms with E-state index in [4.69, 9.17) is 4.52 Å². The first-order valence-corrected chi connectivity index (χ1v) is 6.65. The van der Waals surface area contributed by atoms with Crippen LogP contribution >= 0.6 is 0 Å². The number of hydrogen-bond acceptors (Lipinski definition) is 6. The van der Waals surface area contributed by atoms with Crippen molar-refractivity contribution in [3.8, 4) is 5.69 Å². The molecule has 0 saturated carbocycles. The molecule has 0 aliphatic rings. The summed E-state index contributed by atoms with van der Waals surface area (Å²) < 4.78 is 6.80. The van der Waals surface area contributed by atoms with Crippen molar-refractivity contribution in [2.45, 2.75) is 27.3 Å². The largest absolute Gasteiger partial charge is 0.380 e. The maximum Gasteiger partial charge on any atom is 0.143 e. The Hall–Kier alpha value is -2.70. The fourth-order valence-electron chi connectivity index (χ4n) is 2.16. The molecule has 1 N–H and O–H groups in total. The zero-order chi connectivity index (χ0) is 14.8. The van der Waals surface area contributed by atoms with Crippen molar-refractivity contribution in [2.24, 2.45) is 0 Å². The lowest BCUT2D eigenvalue weighted by Crippen LogP contribution is -2.04. The Morgan fingerprint density at radius 2 is 2.10 bits per heavy atom. The molecule has 2 heterocycles. The summed E-state index contributed by atoms with van der Waals surface area (Å²) in [4.78, 5) is 0. The van der Waals surface area contributed by atoms with Crippen LogP contribution < -0.4 is 5.32 Å². The number of tetrazole rings is 1. The lowest BCUT2D eigenvalue weighted by molar-refractivity contribution is 0.392. The summed E-state index contributed by atoms with van der Waals surface area (Å²) in [6.45, 7) is 6.58. The van der Waals surface area contributed by atoms with Crippen molar-refractivity contribution in [1.82, 2.24) is 25.4 Å². The van der Waals surface area contributed by atoms with E-state index < -0.39 is 0 Å². The minimum atomic E-state index is 0.668. The maximum absolute atomic E-state index is 5.18. The molecule has 0 aliphatic heterocycles. The second-order valence-electron chi connectivity index (χ2n) is 4.91. The van der Waals surface area contributed by atoms with E-state index in [1.165, 1.54) is 0 Å². The average Bonchev–Trinajstić information content (AvgIpc) is 3.10. The van der Waals surface area contributed by atoms with Gasteiger partial charge in [-0.3, -0.25) is 0 Å². The number of nitrogens with one attached hydrogen (secondary N) is 1. The molecule has 0 aliphatic carbocycles. The molecule has 0 unspecified atom stereocenters. The molecule has 0 atom stereocenters. The van der Waals surface area contributed by atoms with Gasteiger partial charge in [-0.2, -0.15) is 0 Å². The average molecular weight is 284 g/mol. The van der Waals surface area contributed by atoms with Crippen LogP contribution in [0.4, 0.5) is 5.69 Å². The number of aromatic nitrogens is 5. The van der Waals surface area contributed by atoms with Crippen LogP contribution in [-0.4, -0.2) is 25.4 Å². The molecule has 0 radical (unpaired) electrons. The Labute approximate surface area is 122 Å². The van der Waals surface area contributed by atoms with Gasteiger partial charge < -0.3 is 9.84 Å². The molecule has 0 saturated heterocycles. The topological polar surface area (TPSA) is 81.7 Å². The zero-order valence-electron chi connectivity index (χ0n) is 12.2. The molecular formula is C14H16N6O. The molecule has 1 aromatic carbocycles. The van der Waals surface area contributed by atoms with E-state index in [9.17, 15) is 0 Å². The molecule has 7 heteroatoms. The zero-order valence-corrected chi connectivity index (χ0v) is 12.2. The lowest BCUT2D eigenvalue weighted by Gasteiger charge is -2.11. The minimum absolute atomic E-state index is 0.668. The van der Waals surface area contributed by atoms with Crippen LogP contribution in [-0.2, 0) is 6.54 Å². The molecule has 0 fully saturated rings. The molecule has 0 spiro atoms. The van der Waals surface area contributed by atoms with Gasteiger partial charge in [0, 0.05) is 17.8 Å². The van der Waals surface area contributed by atoms with Crippen molar-refractivity contribution in [2.75, 3.05) is 5.32 Å².